The van der Waals surface area contributed by atoms with Gasteiger partial charge < -0.3 is 10.1 Å². The molecule has 2 aromatic rings. The predicted molar refractivity (Wildman–Crippen MR) is 110 cm³/mol. The molecule has 27 heavy (non-hydrogen) atoms. The van der Waals surface area contributed by atoms with Gasteiger partial charge >= 0.3 is 0 Å². The Kier molecular flexibility index (Phi) is 7.00. The molecule has 1 aliphatic heterocycles. The number of nitrogens with one attached hydrogen (secondary N) is 1. The van der Waals surface area contributed by atoms with E-state index < -0.39 is 0 Å². The number of carbonyl (C=O) groups excluding carboxylic acids is 1. The first-order valence-electron chi connectivity index (χ1n) is 9.16. The maximum absolute atomic E-state index is 12.5. The van der Waals surface area contributed by atoms with Gasteiger partial charge in [0, 0.05) is 22.2 Å². The van der Waals surface area contributed by atoms with Gasteiger partial charge in [-0.3, -0.25) is 9.69 Å². The summed E-state index contributed by atoms with van der Waals surface area (Å²) >= 11 is 12.1. The minimum Gasteiger partial charge on any atom is -0.496 e. The van der Waals surface area contributed by atoms with Gasteiger partial charge in [-0.2, -0.15) is 0 Å². The van der Waals surface area contributed by atoms with Crippen molar-refractivity contribution in [3.05, 3.63) is 63.6 Å². The Hall–Kier alpha value is -1.75. The van der Waals surface area contributed by atoms with Crippen LogP contribution in [0, 0.1) is 0 Å². The SMILES string of the molecule is COc1ccccc1C(CNC(=O)Cc1ccc(Cl)cc1Cl)N1CCCC1. The molecular weight excluding hydrogens is 383 g/mol. The molecule has 2 aromatic carbocycles. The van der Waals surface area contributed by atoms with Crippen LogP contribution in [0.2, 0.25) is 10.0 Å². The van der Waals surface area contributed by atoms with Crippen molar-refractivity contribution in [3.63, 3.8) is 0 Å². The molecule has 0 aliphatic carbocycles. The lowest BCUT2D eigenvalue weighted by Crippen LogP contribution is -2.37. The van der Waals surface area contributed by atoms with Crippen molar-refractivity contribution < 1.29 is 9.53 Å². The molecule has 0 saturated carbocycles. The summed E-state index contributed by atoms with van der Waals surface area (Å²) in [6, 6.07) is 13.3. The van der Waals surface area contributed by atoms with E-state index in [1.807, 2.05) is 18.2 Å². The number of carbonyl (C=O) groups is 1. The van der Waals surface area contributed by atoms with Gasteiger partial charge in [-0.15, -0.1) is 0 Å². The van der Waals surface area contributed by atoms with E-state index in [1.165, 1.54) is 12.8 Å². The topological polar surface area (TPSA) is 41.6 Å². The van der Waals surface area contributed by atoms with Gasteiger partial charge in [-0.1, -0.05) is 47.5 Å². The minimum absolute atomic E-state index is 0.0571. The normalized spacial score (nSPS) is 15.5. The number of hydrogen-bond acceptors (Lipinski definition) is 3. The monoisotopic (exact) mass is 406 g/mol. The second-order valence-electron chi connectivity index (χ2n) is 6.72. The van der Waals surface area contributed by atoms with Crippen LogP contribution in [0.4, 0.5) is 0 Å². The Balaban J connectivity index is 1.70. The van der Waals surface area contributed by atoms with Crippen molar-refractivity contribution in [2.75, 3.05) is 26.7 Å². The minimum atomic E-state index is -0.0571. The second-order valence-corrected chi connectivity index (χ2v) is 7.56. The molecule has 1 atom stereocenters. The number of benzene rings is 2. The Morgan fingerprint density at radius 3 is 2.63 bits per heavy atom. The second kappa shape index (κ2) is 9.45. The zero-order valence-corrected chi connectivity index (χ0v) is 16.9. The lowest BCUT2D eigenvalue weighted by molar-refractivity contribution is -0.120. The summed E-state index contributed by atoms with van der Waals surface area (Å²) in [6.45, 7) is 2.59. The Labute approximate surface area is 170 Å². The Morgan fingerprint density at radius 2 is 1.93 bits per heavy atom. The molecule has 0 bridgehead atoms. The van der Waals surface area contributed by atoms with Crippen molar-refractivity contribution in [2.24, 2.45) is 0 Å². The molecule has 4 nitrogen and oxygen atoms in total. The molecule has 0 radical (unpaired) electrons. The summed E-state index contributed by atoms with van der Waals surface area (Å²) in [7, 11) is 1.68. The predicted octanol–water partition coefficient (Wildman–Crippen LogP) is 4.50. The van der Waals surface area contributed by atoms with Crippen LogP contribution in [0.15, 0.2) is 42.5 Å². The van der Waals surface area contributed by atoms with Gasteiger partial charge in [-0.25, -0.2) is 0 Å². The molecule has 6 heteroatoms. The van der Waals surface area contributed by atoms with Gasteiger partial charge in [0.15, 0.2) is 0 Å². The fourth-order valence-corrected chi connectivity index (χ4v) is 4.02. The van der Waals surface area contributed by atoms with Gasteiger partial charge in [0.2, 0.25) is 5.91 Å². The summed E-state index contributed by atoms with van der Waals surface area (Å²) in [5.41, 5.74) is 1.88. The van der Waals surface area contributed by atoms with Crippen LogP contribution in [-0.2, 0) is 11.2 Å². The third kappa shape index (κ3) is 5.16. The van der Waals surface area contributed by atoms with Gasteiger partial charge in [0.05, 0.1) is 19.6 Å². The first kappa shape index (κ1) is 20.0. The molecule has 1 saturated heterocycles. The first-order chi connectivity index (χ1) is 13.1. The van der Waals surface area contributed by atoms with E-state index in [2.05, 4.69) is 16.3 Å². The Morgan fingerprint density at radius 1 is 1.19 bits per heavy atom. The van der Waals surface area contributed by atoms with Crippen molar-refractivity contribution in [1.82, 2.24) is 10.2 Å². The number of likely N-dealkylation sites (tertiary alicyclic amines) is 1. The third-order valence-corrected chi connectivity index (χ3v) is 5.52. The zero-order valence-electron chi connectivity index (χ0n) is 15.4. The average Bonchev–Trinajstić information content (AvgIpc) is 3.19. The maximum atomic E-state index is 12.5. The molecule has 0 aromatic heterocycles. The Bertz CT molecular complexity index is 792. The fraction of sp³-hybridized carbons (Fsp3) is 0.381. The van der Waals surface area contributed by atoms with E-state index in [4.69, 9.17) is 27.9 Å². The van der Waals surface area contributed by atoms with Crippen molar-refractivity contribution >= 4 is 29.1 Å². The number of amides is 1. The van der Waals surface area contributed by atoms with Crippen LogP contribution in [0.3, 0.4) is 0 Å². The summed E-state index contributed by atoms with van der Waals surface area (Å²) in [4.78, 5) is 14.9. The largest absolute Gasteiger partial charge is 0.496 e. The smallest absolute Gasteiger partial charge is 0.224 e. The molecule has 3 rings (SSSR count). The average molecular weight is 407 g/mol. The van der Waals surface area contributed by atoms with Crippen molar-refractivity contribution in [1.29, 1.82) is 0 Å². The number of methoxy groups -OCH3 is 1. The number of halogens is 2. The summed E-state index contributed by atoms with van der Waals surface area (Å²) in [5, 5.41) is 4.15. The molecule has 1 unspecified atom stereocenters. The van der Waals surface area contributed by atoms with Crippen LogP contribution >= 0.6 is 23.2 Å². The highest BCUT2D eigenvalue weighted by atomic mass is 35.5. The molecule has 0 spiro atoms. The summed E-state index contributed by atoms with van der Waals surface area (Å²) in [6.07, 6.45) is 2.59. The highest BCUT2D eigenvalue weighted by Crippen LogP contribution is 2.31. The molecule has 1 aliphatic rings. The fourth-order valence-electron chi connectivity index (χ4n) is 3.54. The van der Waals surface area contributed by atoms with Gasteiger partial charge in [0.25, 0.3) is 0 Å². The molecular formula is C21H24Cl2N2O2. The highest BCUT2D eigenvalue weighted by Gasteiger charge is 2.26. The number of hydrogen-bond donors (Lipinski definition) is 1. The molecule has 1 amide bonds. The van der Waals surface area contributed by atoms with E-state index >= 15 is 0 Å². The molecule has 144 valence electrons. The highest BCUT2D eigenvalue weighted by molar-refractivity contribution is 6.35. The third-order valence-electron chi connectivity index (χ3n) is 4.94. The van der Waals surface area contributed by atoms with E-state index in [0.29, 0.717) is 16.6 Å². The standard InChI is InChI=1S/C21H24Cl2N2O2/c1-27-20-7-3-2-6-17(20)19(25-10-4-5-11-25)14-24-21(26)12-15-8-9-16(22)13-18(15)23/h2-3,6-9,13,19H,4-5,10-12,14H2,1H3,(H,24,26). The lowest BCUT2D eigenvalue weighted by atomic mass is 10.0. The van der Waals surface area contributed by atoms with E-state index in [0.717, 1.165) is 30.0 Å². The van der Waals surface area contributed by atoms with Crippen molar-refractivity contribution in [3.8, 4) is 5.75 Å². The quantitative estimate of drug-likeness (QED) is 0.735. The van der Waals surface area contributed by atoms with Crippen LogP contribution < -0.4 is 10.1 Å². The van der Waals surface area contributed by atoms with Crippen molar-refractivity contribution in [2.45, 2.75) is 25.3 Å². The van der Waals surface area contributed by atoms with Crippen LogP contribution in [0.5, 0.6) is 5.75 Å². The lowest BCUT2D eigenvalue weighted by Gasteiger charge is -2.29. The van der Waals surface area contributed by atoms with Crippen LogP contribution in [0.1, 0.15) is 30.0 Å². The van der Waals surface area contributed by atoms with Crippen LogP contribution in [-0.4, -0.2) is 37.6 Å². The van der Waals surface area contributed by atoms with Gasteiger partial charge in [0.1, 0.15) is 5.75 Å². The van der Waals surface area contributed by atoms with E-state index in [9.17, 15) is 4.79 Å². The van der Waals surface area contributed by atoms with Crippen LogP contribution in [0.25, 0.3) is 0 Å². The number of nitrogens with zero attached hydrogens (tertiary/aromatic N) is 1. The number of ether oxygens (including phenoxy) is 1. The first-order valence-corrected chi connectivity index (χ1v) is 9.91. The van der Waals surface area contributed by atoms with E-state index in [1.54, 1.807) is 25.3 Å². The molecule has 1 fully saturated rings. The zero-order chi connectivity index (χ0) is 19.2. The summed E-state index contributed by atoms with van der Waals surface area (Å²) < 4.78 is 5.55. The van der Waals surface area contributed by atoms with E-state index in [-0.39, 0.29) is 18.4 Å². The molecule has 1 heterocycles. The summed E-state index contributed by atoms with van der Waals surface area (Å²) in [5.74, 6) is 0.794. The number of para-hydroxylation sites is 1. The van der Waals surface area contributed by atoms with Gasteiger partial charge in [-0.05, 0) is 49.7 Å². The maximum Gasteiger partial charge on any atom is 0.224 e. The molecule has 1 N–H and O–H groups in total. The number of rotatable bonds is 7.